The fourth-order valence-corrected chi connectivity index (χ4v) is 3.43. The molecule has 0 radical (unpaired) electrons. The molecule has 0 aromatic rings. The van der Waals surface area contributed by atoms with Crippen LogP contribution < -0.4 is 10.3 Å². The number of fused-ring (bicyclic) bond motifs is 1. The molecule has 2 N–H and O–H groups in total. The maximum absolute atomic E-state index is 12.1. The fourth-order valence-electron chi connectivity index (χ4n) is 3.43. The van der Waals surface area contributed by atoms with E-state index in [0.717, 1.165) is 0 Å². The van der Waals surface area contributed by atoms with Crippen molar-refractivity contribution in [2.45, 2.75) is 50.9 Å². The lowest BCUT2D eigenvalue weighted by Gasteiger charge is -2.41. The molecule has 0 bridgehead atoms. The third-order valence-corrected chi connectivity index (χ3v) is 4.48. The Morgan fingerprint density at radius 1 is 1.32 bits per heavy atom. The molecule has 152 valence electrons. The first kappa shape index (κ1) is 19.7. The number of aliphatic imine (C=N–C) groups is 1. The number of hydrogen-bond donors (Lipinski definition) is 2. The zero-order valence-electron chi connectivity index (χ0n) is 15.5. The van der Waals surface area contributed by atoms with Gasteiger partial charge in [0.2, 0.25) is 18.5 Å². The smallest absolute Gasteiger partial charge is 0.338 e. The van der Waals surface area contributed by atoms with Gasteiger partial charge >= 0.3 is 23.8 Å². The van der Waals surface area contributed by atoms with Gasteiger partial charge in [0.15, 0.2) is 6.10 Å². The topological polar surface area (TPSA) is 147 Å². The first-order valence-electron chi connectivity index (χ1n) is 8.56. The summed E-state index contributed by atoms with van der Waals surface area (Å²) >= 11 is 0. The number of carbonyl (C=O) groups excluding carboxylic acids is 4. The van der Waals surface area contributed by atoms with Crippen LogP contribution in [0.15, 0.2) is 4.99 Å². The number of carbonyl (C=O) groups is 4. The average Bonchev–Trinajstić information content (AvgIpc) is 3.16. The van der Waals surface area contributed by atoms with E-state index in [0.29, 0.717) is 0 Å². The van der Waals surface area contributed by atoms with E-state index in [1.807, 2.05) is 0 Å². The lowest BCUT2D eigenvalue weighted by molar-refractivity contribution is -0.535. The highest BCUT2D eigenvalue weighted by Crippen LogP contribution is 2.37. The van der Waals surface area contributed by atoms with E-state index in [1.54, 1.807) is 0 Å². The van der Waals surface area contributed by atoms with Crippen molar-refractivity contribution in [1.82, 2.24) is 10.2 Å². The molecule has 0 aliphatic carbocycles. The summed E-state index contributed by atoms with van der Waals surface area (Å²) in [5, 5.41) is 2.51. The molecule has 0 aromatic carbocycles. The molecule has 1 fully saturated rings. The SMILES string of the molecule is CC(=O)OC[C@H]1OC[C@@](OC(C)=O)(N2C=N[C@H]3C(=O)NC=[NH+][C@@H]32)[C@@H]1OC(C)=O. The quantitative estimate of drug-likeness (QED) is 0.355. The standard InChI is InChI=1S/C16H20N4O8/c1-8(21)25-4-11-13(27-9(2)22)16(5-26-11,28-10(3)23)20-7-19-12-14(20)17-6-18-15(12)24/h6-7,11-14H,4-5H2,1-3H3,(H,17,18,24)/p+1/t11-,12-,13-,14-,16+/m1/s1. The van der Waals surface area contributed by atoms with Gasteiger partial charge in [-0.05, 0) is 0 Å². The molecular weight excluding hydrogens is 376 g/mol. The summed E-state index contributed by atoms with van der Waals surface area (Å²) in [6.07, 6.45) is -0.0222. The van der Waals surface area contributed by atoms with Crippen molar-refractivity contribution < 1.29 is 43.1 Å². The zero-order chi connectivity index (χ0) is 20.5. The minimum absolute atomic E-state index is 0.199. The van der Waals surface area contributed by atoms with Gasteiger partial charge in [0.1, 0.15) is 19.3 Å². The summed E-state index contributed by atoms with van der Waals surface area (Å²) in [7, 11) is 0. The Bertz CT molecular complexity index is 753. The van der Waals surface area contributed by atoms with Crippen LogP contribution in [0, 0.1) is 0 Å². The van der Waals surface area contributed by atoms with Crippen molar-refractivity contribution in [1.29, 1.82) is 0 Å². The van der Waals surface area contributed by atoms with Gasteiger partial charge in [-0.2, -0.15) is 0 Å². The molecule has 28 heavy (non-hydrogen) atoms. The molecular formula is C16H21N4O8+. The van der Waals surface area contributed by atoms with Crippen LogP contribution in [0.5, 0.6) is 0 Å². The van der Waals surface area contributed by atoms with Gasteiger partial charge in [-0.1, -0.05) is 0 Å². The summed E-state index contributed by atoms with van der Waals surface area (Å²) in [6.45, 7) is 3.21. The predicted octanol–water partition coefficient (Wildman–Crippen LogP) is -3.58. The first-order chi connectivity index (χ1) is 13.2. The van der Waals surface area contributed by atoms with Crippen LogP contribution in [0.3, 0.4) is 0 Å². The van der Waals surface area contributed by atoms with Gasteiger partial charge in [0.05, 0.1) is 6.34 Å². The summed E-state index contributed by atoms with van der Waals surface area (Å²) in [4.78, 5) is 55.5. The highest BCUT2D eigenvalue weighted by atomic mass is 16.7. The van der Waals surface area contributed by atoms with Crippen LogP contribution in [0.25, 0.3) is 0 Å². The van der Waals surface area contributed by atoms with E-state index in [-0.39, 0.29) is 19.1 Å². The summed E-state index contributed by atoms with van der Waals surface area (Å²) in [5.74, 6) is -2.19. The Kier molecular flexibility index (Phi) is 5.31. The Morgan fingerprint density at radius 2 is 2.07 bits per heavy atom. The number of esters is 3. The average molecular weight is 397 g/mol. The van der Waals surface area contributed by atoms with Crippen molar-refractivity contribution >= 4 is 36.5 Å². The van der Waals surface area contributed by atoms with Gasteiger partial charge in [0.25, 0.3) is 5.72 Å². The first-order valence-corrected chi connectivity index (χ1v) is 8.56. The monoisotopic (exact) mass is 397 g/mol. The molecule has 3 aliphatic rings. The van der Waals surface area contributed by atoms with E-state index < -0.39 is 48.0 Å². The Hall–Kier alpha value is -3.02. The summed E-state index contributed by atoms with van der Waals surface area (Å²) < 4.78 is 21.7. The van der Waals surface area contributed by atoms with Crippen molar-refractivity contribution in [2.24, 2.45) is 4.99 Å². The maximum Gasteiger partial charge on any atom is 0.338 e. The molecule has 1 amide bonds. The lowest BCUT2D eigenvalue weighted by Crippen LogP contribution is -2.90. The number of ether oxygens (including phenoxy) is 4. The van der Waals surface area contributed by atoms with E-state index in [2.05, 4.69) is 15.3 Å². The van der Waals surface area contributed by atoms with Crippen molar-refractivity contribution in [3.8, 4) is 0 Å². The Labute approximate surface area is 159 Å². The van der Waals surface area contributed by atoms with Crippen LogP contribution >= 0.6 is 0 Å². The van der Waals surface area contributed by atoms with Gasteiger partial charge in [-0.25, -0.2) is 10.1 Å². The second-order valence-electron chi connectivity index (χ2n) is 6.50. The van der Waals surface area contributed by atoms with E-state index >= 15 is 0 Å². The van der Waals surface area contributed by atoms with Gasteiger partial charge in [-0.3, -0.25) is 29.3 Å². The molecule has 0 saturated carbocycles. The molecule has 0 aromatic heterocycles. The maximum atomic E-state index is 12.1. The van der Waals surface area contributed by atoms with Crippen LogP contribution in [-0.4, -0.2) is 84.7 Å². The van der Waals surface area contributed by atoms with Crippen LogP contribution in [0.1, 0.15) is 20.8 Å². The summed E-state index contributed by atoms with van der Waals surface area (Å²) in [6, 6.07) is -0.803. The largest absolute Gasteiger partial charge is 0.463 e. The van der Waals surface area contributed by atoms with E-state index in [4.69, 9.17) is 18.9 Å². The van der Waals surface area contributed by atoms with E-state index in [9.17, 15) is 19.2 Å². The molecule has 3 aliphatic heterocycles. The highest BCUT2D eigenvalue weighted by molar-refractivity contribution is 5.93. The minimum atomic E-state index is -1.61. The fraction of sp³-hybridized carbons (Fsp3) is 0.625. The van der Waals surface area contributed by atoms with Crippen LogP contribution in [0.4, 0.5) is 0 Å². The summed E-state index contributed by atoms with van der Waals surface area (Å²) in [5.41, 5.74) is -1.61. The van der Waals surface area contributed by atoms with Gasteiger partial charge in [-0.15, -0.1) is 0 Å². The molecule has 0 unspecified atom stereocenters. The number of nitrogens with one attached hydrogen (secondary N) is 2. The number of hydrogen-bond acceptors (Lipinski definition) is 10. The molecule has 1 saturated heterocycles. The molecule has 3 heterocycles. The normalized spacial score (nSPS) is 33.2. The number of rotatable bonds is 5. The highest BCUT2D eigenvalue weighted by Gasteiger charge is 2.63. The van der Waals surface area contributed by atoms with Crippen molar-refractivity contribution in [3.63, 3.8) is 0 Å². The number of nitrogens with zero attached hydrogens (tertiary/aromatic N) is 2. The van der Waals surface area contributed by atoms with Crippen molar-refractivity contribution in [2.75, 3.05) is 13.2 Å². The van der Waals surface area contributed by atoms with E-state index in [1.165, 1.54) is 38.3 Å². The Balaban J connectivity index is 1.98. The molecule has 12 nitrogen and oxygen atoms in total. The molecule has 5 atom stereocenters. The molecule has 0 spiro atoms. The minimum Gasteiger partial charge on any atom is -0.463 e. The third-order valence-electron chi connectivity index (χ3n) is 4.48. The molecule has 3 rings (SSSR count). The van der Waals surface area contributed by atoms with Crippen LogP contribution in [0.2, 0.25) is 0 Å². The lowest BCUT2D eigenvalue weighted by atomic mass is 10.0. The van der Waals surface area contributed by atoms with Crippen LogP contribution in [-0.2, 0) is 38.1 Å². The predicted molar refractivity (Wildman–Crippen MR) is 89.5 cm³/mol. The Morgan fingerprint density at radius 3 is 2.71 bits per heavy atom. The molecule has 12 heteroatoms. The van der Waals surface area contributed by atoms with Gasteiger partial charge < -0.3 is 18.9 Å². The number of amides is 1. The second-order valence-corrected chi connectivity index (χ2v) is 6.50. The van der Waals surface area contributed by atoms with Gasteiger partial charge in [0, 0.05) is 20.8 Å². The zero-order valence-corrected chi connectivity index (χ0v) is 15.5. The second kappa shape index (κ2) is 7.54. The third kappa shape index (κ3) is 3.54. The van der Waals surface area contributed by atoms with Crippen molar-refractivity contribution in [3.05, 3.63) is 0 Å².